The summed E-state index contributed by atoms with van der Waals surface area (Å²) in [5.41, 5.74) is 8.28. The zero-order chi connectivity index (χ0) is 19.9. The number of nitrogen functional groups attached to an aromatic ring is 1. The van der Waals surface area contributed by atoms with Crippen LogP contribution in [0.2, 0.25) is 0 Å². The summed E-state index contributed by atoms with van der Waals surface area (Å²) in [6.45, 7) is 5.41. The SMILES string of the molecule is CN(Cc1ccc(OC(=O)Cc2ccccc2N)cc1)CC(C)(C)SN=O. The average molecular weight is 388 g/mol. The van der Waals surface area contributed by atoms with E-state index >= 15 is 0 Å². The van der Waals surface area contributed by atoms with Gasteiger partial charge in [-0.05, 0) is 50.2 Å². The number of para-hydroxylation sites is 1. The number of hydrogen-bond acceptors (Lipinski definition) is 7. The summed E-state index contributed by atoms with van der Waals surface area (Å²) in [7, 11) is 1.99. The van der Waals surface area contributed by atoms with Crippen LogP contribution in [0.3, 0.4) is 0 Å². The first-order valence-corrected chi connectivity index (χ1v) is 9.39. The molecule has 6 nitrogen and oxygen atoms in total. The van der Waals surface area contributed by atoms with Gasteiger partial charge >= 0.3 is 5.97 Å². The first-order chi connectivity index (χ1) is 12.8. The zero-order valence-electron chi connectivity index (χ0n) is 15.8. The number of hydrogen-bond donors (Lipinski definition) is 1. The Hall–Kier alpha value is -2.38. The molecular weight excluding hydrogens is 362 g/mol. The number of anilines is 1. The number of ether oxygens (including phenoxy) is 1. The van der Waals surface area contributed by atoms with Gasteiger partial charge in [-0.25, -0.2) is 0 Å². The smallest absolute Gasteiger partial charge is 0.315 e. The fourth-order valence-corrected chi connectivity index (χ4v) is 3.31. The number of rotatable bonds is 9. The molecule has 0 amide bonds. The van der Waals surface area contributed by atoms with Crippen molar-refractivity contribution in [3.8, 4) is 5.75 Å². The highest BCUT2D eigenvalue weighted by molar-refractivity contribution is 7.99. The summed E-state index contributed by atoms with van der Waals surface area (Å²) in [5, 5.41) is 0. The van der Waals surface area contributed by atoms with Crippen molar-refractivity contribution in [3.63, 3.8) is 0 Å². The van der Waals surface area contributed by atoms with E-state index in [1.54, 1.807) is 18.2 Å². The first-order valence-electron chi connectivity index (χ1n) is 8.61. The molecule has 0 spiro atoms. The summed E-state index contributed by atoms with van der Waals surface area (Å²) in [4.78, 5) is 24.7. The fraction of sp³-hybridized carbons (Fsp3) is 0.350. The fourth-order valence-electron chi connectivity index (χ4n) is 2.83. The maximum Gasteiger partial charge on any atom is 0.315 e. The molecular formula is C20H25N3O3S. The summed E-state index contributed by atoms with van der Waals surface area (Å²) >= 11 is 1.04. The maximum atomic E-state index is 12.1. The van der Waals surface area contributed by atoms with Crippen molar-refractivity contribution in [2.45, 2.75) is 31.6 Å². The molecule has 0 aliphatic heterocycles. The highest BCUT2D eigenvalue weighted by Gasteiger charge is 2.22. The van der Waals surface area contributed by atoms with Gasteiger partial charge in [-0.3, -0.25) is 4.79 Å². The number of benzene rings is 2. The van der Waals surface area contributed by atoms with E-state index in [1.807, 2.05) is 51.2 Å². The zero-order valence-corrected chi connectivity index (χ0v) is 16.7. The van der Waals surface area contributed by atoms with Crippen LogP contribution in [0.15, 0.2) is 53.1 Å². The second-order valence-electron chi connectivity index (χ2n) is 7.09. The van der Waals surface area contributed by atoms with Gasteiger partial charge in [0.1, 0.15) is 5.75 Å². The van der Waals surface area contributed by atoms with Crippen molar-refractivity contribution in [2.75, 3.05) is 19.3 Å². The van der Waals surface area contributed by atoms with Gasteiger partial charge in [-0.1, -0.05) is 30.3 Å². The quantitative estimate of drug-likeness (QED) is 0.230. The predicted octanol–water partition coefficient (Wildman–Crippen LogP) is 4.04. The average Bonchev–Trinajstić information content (AvgIpc) is 2.58. The van der Waals surface area contributed by atoms with Gasteiger partial charge in [0.2, 0.25) is 0 Å². The number of nitrogens with zero attached hydrogens (tertiary/aromatic N) is 2. The van der Waals surface area contributed by atoms with E-state index in [2.05, 4.69) is 9.48 Å². The monoisotopic (exact) mass is 387 g/mol. The lowest BCUT2D eigenvalue weighted by Crippen LogP contribution is -2.33. The van der Waals surface area contributed by atoms with Crippen molar-refractivity contribution >= 4 is 23.6 Å². The standard InChI is InChI=1S/C20H25N3O3S/c1-20(2,27-22-25)14-23(3)13-15-8-10-17(11-9-15)26-19(24)12-16-6-4-5-7-18(16)21/h4-11H,12-14,21H2,1-3H3. The van der Waals surface area contributed by atoms with Gasteiger partial charge in [0.15, 0.2) is 0 Å². The molecule has 0 unspecified atom stereocenters. The van der Waals surface area contributed by atoms with E-state index in [1.165, 1.54) is 0 Å². The van der Waals surface area contributed by atoms with Crippen molar-refractivity contribution < 1.29 is 9.53 Å². The van der Waals surface area contributed by atoms with Crippen LogP contribution in [0.1, 0.15) is 25.0 Å². The predicted molar refractivity (Wildman–Crippen MR) is 110 cm³/mol. The Morgan fingerprint density at radius 2 is 1.85 bits per heavy atom. The van der Waals surface area contributed by atoms with Crippen LogP contribution in [0.25, 0.3) is 0 Å². The van der Waals surface area contributed by atoms with Crippen LogP contribution in [-0.2, 0) is 17.8 Å². The maximum absolute atomic E-state index is 12.1. The van der Waals surface area contributed by atoms with Gasteiger partial charge in [0.25, 0.3) is 0 Å². The normalized spacial score (nSPS) is 11.4. The molecule has 144 valence electrons. The van der Waals surface area contributed by atoms with Crippen LogP contribution < -0.4 is 10.5 Å². The van der Waals surface area contributed by atoms with Gasteiger partial charge in [-0.2, -0.15) is 0 Å². The van der Waals surface area contributed by atoms with Crippen LogP contribution in [-0.4, -0.2) is 29.2 Å². The largest absolute Gasteiger partial charge is 0.426 e. The molecule has 2 N–H and O–H groups in total. The lowest BCUT2D eigenvalue weighted by atomic mass is 10.1. The summed E-state index contributed by atoms with van der Waals surface area (Å²) in [5.74, 6) is 0.153. The van der Waals surface area contributed by atoms with E-state index in [9.17, 15) is 9.70 Å². The molecule has 0 atom stereocenters. The van der Waals surface area contributed by atoms with Crippen LogP contribution in [0.4, 0.5) is 5.69 Å². The van der Waals surface area contributed by atoms with Crippen molar-refractivity contribution in [3.05, 3.63) is 64.6 Å². The molecule has 0 radical (unpaired) electrons. The van der Waals surface area contributed by atoms with E-state index in [0.29, 0.717) is 11.4 Å². The molecule has 27 heavy (non-hydrogen) atoms. The number of carbonyl (C=O) groups excluding carboxylic acids is 1. The lowest BCUT2D eigenvalue weighted by molar-refractivity contribution is -0.133. The van der Waals surface area contributed by atoms with Crippen LogP contribution >= 0.6 is 11.9 Å². The Bertz CT molecular complexity index is 778. The number of nitroso groups, excluding NO2 is 1. The number of carbonyl (C=O) groups is 1. The highest BCUT2D eigenvalue weighted by Crippen LogP contribution is 2.26. The van der Waals surface area contributed by atoms with E-state index in [4.69, 9.17) is 10.5 Å². The Labute approximate surface area is 164 Å². The number of nitrogens with two attached hydrogens (primary N) is 1. The summed E-state index contributed by atoms with van der Waals surface area (Å²) < 4.78 is 8.07. The molecule has 0 bridgehead atoms. The summed E-state index contributed by atoms with van der Waals surface area (Å²) in [6, 6.07) is 14.7. The number of esters is 1. The Morgan fingerprint density at radius 1 is 1.19 bits per heavy atom. The third kappa shape index (κ3) is 7.03. The topological polar surface area (TPSA) is 85.0 Å². The van der Waals surface area contributed by atoms with Crippen molar-refractivity contribution in [1.82, 2.24) is 4.90 Å². The Balaban J connectivity index is 1.88. The van der Waals surface area contributed by atoms with E-state index < -0.39 is 0 Å². The molecule has 0 aromatic heterocycles. The minimum atomic E-state index is -0.349. The second kappa shape index (κ2) is 9.53. The lowest BCUT2D eigenvalue weighted by Gasteiger charge is -2.26. The molecule has 2 aromatic carbocycles. The van der Waals surface area contributed by atoms with E-state index in [0.717, 1.165) is 36.2 Å². The van der Waals surface area contributed by atoms with Crippen molar-refractivity contribution in [1.29, 1.82) is 0 Å². The molecule has 0 aliphatic carbocycles. The molecule has 0 heterocycles. The highest BCUT2D eigenvalue weighted by atomic mass is 32.2. The summed E-state index contributed by atoms with van der Waals surface area (Å²) in [6.07, 6.45) is 0.134. The van der Waals surface area contributed by atoms with Gasteiger partial charge in [0.05, 0.1) is 6.42 Å². The molecule has 7 heteroatoms. The molecule has 2 rings (SSSR count). The minimum Gasteiger partial charge on any atom is -0.426 e. The Kier molecular flexibility index (Phi) is 7.38. The molecule has 0 saturated heterocycles. The molecule has 2 aromatic rings. The second-order valence-corrected chi connectivity index (χ2v) is 8.53. The first kappa shape index (κ1) is 20.9. The van der Waals surface area contributed by atoms with Gasteiger partial charge in [0, 0.05) is 40.1 Å². The van der Waals surface area contributed by atoms with Crippen LogP contribution in [0.5, 0.6) is 5.75 Å². The van der Waals surface area contributed by atoms with Gasteiger partial charge < -0.3 is 15.4 Å². The Morgan fingerprint density at radius 3 is 2.48 bits per heavy atom. The molecule has 0 fully saturated rings. The van der Waals surface area contributed by atoms with Gasteiger partial charge in [-0.15, -0.1) is 4.91 Å². The van der Waals surface area contributed by atoms with Crippen LogP contribution in [0, 0.1) is 4.91 Å². The minimum absolute atomic E-state index is 0.134. The van der Waals surface area contributed by atoms with E-state index in [-0.39, 0.29) is 17.1 Å². The molecule has 0 saturated carbocycles. The third-order valence-electron chi connectivity index (χ3n) is 3.93. The van der Waals surface area contributed by atoms with Crippen molar-refractivity contribution in [2.24, 2.45) is 4.58 Å². The third-order valence-corrected chi connectivity index (χ3v) is 4.63. The molecule has 0 aliphatic rings.